The average Bonchev–Trinajstić information content (AvgIpc) is 2.99. The SMILES string of the molecule is Cl.Cl.N=C1N(C2CCCCC2)CCN1S(=O)(=O)c1ccc(CCN)cc1. The van der Waals surface area contributed by atoms with E-state index >= 15 is 0 Å². The number of sulfonamides is 1. The molecule has 1 saturated carbocycles. The van der Waals surface area contributed by atoms with Crippen LogP contribution >= 0.6 is 24.8 Å². The number of hydrogen-bond acceptors (Lipinski definition) is 4. The van der Waals surface area contributed by atoms with Crippen molar-refractivity contribution in [2.24, 2.45) is 5.73 Å². The van der Waals surface area contributed by atoms with E-state index in [-0.39, 0.29) is 35.7 Å². The Balaban J connectivity index is 0.00000169. The number of rotatable bonds is 5. The van der Waals surface area contributed by atoms with E-state index in [9.17, 15) is 8.42 Å². The standard InChI is InChI=1S/C17H26N4O2S.2ClH/c18-11-10-14-6-8-16(9-7-14)24(22,23)21-13-12-20(17(21)19)15-4-2-1-3-5-15;;/h6-9,15,19H,1-5,10-13,18H2;2*1H. The second-order valence-corrected chi connectivity index (χ2v) is 8.43. The Kier molecular flexibility index (Phi) is 8.66. The van der Waals surface area contributed by atoms with Crippen molar-refractivity contribution in [1.29, 1.82) is 5.41 Å². The minimum Gasteiger partial charge on any atom is -0.337 e. The number of nitrogens with two attached hydrogens (primary N) is 1. The van der Waals surface area contributed by atoms with Gasteiger partial charge in [0.2, 0.25) is 5.96 Å². The molecule has 1 aliphatic carbocycles. The first kappa shape index (κ1) is 23.0. The van der Waals surface area contributed by atoms with Crippen LogP contribution in [-0.2, 0) is 16.4 Å². The molecular weight excluding hydrogens is 395 g/mol. The van der Waals surface area contributed by atoms with Gasteiger partial charge in [-0.1, -0.05) is 31.4 Å². The number of guanidine groups is 1. The lowest BCUT2D eigenvalue weighted by Crippen LogP contribution is -2.42. The molecule has 3 rings (SSSR count). The number of nitrogens with zero attached hydrogens (tertiary/aromatic N) is 2. The van der Waals surface area contributed by atoms with Crippen LogP contribution in [0.4, 0.5) is 0 Å². The normalized spacial score (nSPS) is 18.4. The van der Waals surface area contributed by atoms with Crippen LogP contribution in [0.2, 0.25) is 0 Å². The van der Waals surface area contributed by atoms with E-state index in [1.165, 1.54) is 23.6 Å². The molecule has 1 aromatic rings. The van der Waals surface area contributed by atoms with Gasteiger partial charge in [0, 0.05) is 12.6 Å². The third-order valence-electron chi connectivity index (χ3n) is 5.01. The summed E-state index contributed by atoms with van der Waals surface area (Å²) in [7, 11) is -3.66. The molecule has 0 atom stereocenters. The highest BCUT2D eigenvalue weighted by atomic mass is 35.5. The number of nitrogens with one attached hydrogen (secondary N) is 1. The number of hydrogen-bond donors (Lipinski definition) is 2. The van der Waals surface area contributed by atoms with Gasteiger partial charge in [-0.3, -0.25) is 5.41 Å². The molecule has 0 radical (unpaired) electrons. The second kappa shape index (κ2) is 9.78. The van der Waals surface area contributed by atoms with Crippen molar-refractivity contribution in [2.75, 3.05) is 19.6 Å². The van der Waals surface area contributed by atoms with Gasteiger partial charge in [-0.15, -0.1) is 24.8 Å². The fourth-order valence-corrected chi connectivity index (χ4v) is 5.05. The van der Waals surface area contributed by atoms with E-state index in [4.69, 9.17) is 11.1 Å². The van der Waals surface area contributed by atoms with Gasteiger partial charge in [0.15, 0.2) is 0 Å². The summed E-state index contributed by atoms with van der Waals surface area (Å²) in [5.74, 6) is 0.132. The summed E-state index contributed by atoms with van der Waals surface area (Å²) < 4.78 is 27.0. The predicted octanol–water partition coefficient (Wildman–Crippen LogP) is 2.61. The first-order chi connectivity index (χ1) is 11.5. The summed E-state index contributed by atoms with van der Waals surface area (Å²) >= 11 is 0. The van der Waals surface area contributed by atoms with Crippen LogP contribution in [0, 0.1) is 5.41 Å². The first-order valence-electron chi connectivity index (χ1n) is 8.71. The summed E-state index contributed by atoms with van der Waals surface area (Å²) in [4.78, 5) is 2.22. The summed E-state index contributed by atoms with van der Waals surface area (Å²) in [6.07, 6.45) is 6.44. The molecule has 0 unspecified atom stereocenters. The van der Waals surface area contributed by atoms with Gasteiger partial charge in [-0.05, 0) is 43.5 Å². The molecule has 0 spiro atoms. The maximum absolute atomic E-state index is 12.9. The Labute approximate surface area is 168 Å². The number of benzene rings is 1. The van der Waals surface area contributed by atoms with Crippen LogP contribution in [0.15, 0.2) is 29.2 Å². The van der Waals surface area contributed by atoms with Gasteiger partial charge < -0.3 is 10.6 Å². The summed E-state index contributed by atoms with van der Waals surface area (Å²) in [6.45, 7) is 1.52. The summed E-state index contributed by atoms with van der Waals surface area (Å²) in [5, 5.41) is 8.37. The Bertz CT molecular complexity index is 691. The van der Waals surface area contributed by atoms with Gasteiger partial charge in [-0.25, -0.2) is 12.7 Å². The molecule has 1 aromatic carbocycles. The van der Waals surface area contributed by atoms with E-state index in [0.717, 1.165) is 24.8 Å². The van der Waals surface area contributed by atoms with Crippen LogP contribution in [0.5, 0.6) is 0 Å². The van der Waals surface area contributed by atoms with E-state index < -0.39 is 10.0 Å². The molecule has 2 fully saturated rings. The Morgan fingerprint density at radius 3 is 2.23 bits per heavy atom. The molecule has 0 bridgehead atoms. The molecule has 1 aliphatic heterocycles. The van der Waals surface area contributed by atoms with Crippen molar-refractivity contribution >= 4 is 40.8 Å². The highest BCUT2D eigenvalue weighted by Crippen LogP contribution is 2.28. The van der Waals surface area contributed by atoms with Crippen molar-refractivity contribution in [1.82, 2.24) is 9.21 Å². The molecule has 1 heterocycles. The van der Waals surface area contributed by atoms with Crippen LogP contribution in [0.25, 0.3) is 0 Å². The highest BCUT2D eigenvalue weighted by Gasteiger charge is 2.38. The molecule has 0 aromatic heterocycles. The molecule has 1 saturated heterocycles. The summed E-state index contributed by atoms with van der Waals surface area (Å²) in [5.41, 5.74) is 6.55. The Morgan fingerprint density at radius 1 is 1.04 bits per heavy atom. The van der Waals surface area contributed by atoms with Gasteiger partial charge in [0.1, 0.15) is 0 Å². The molecular formula is C17H28Cl2N4O2S. The lowest BCUT2D eigenvalue weighted by Gasteiger charge is -2.32. The molecule has 148 valence electrons. The van der Waals surface area contributed by atoms with Gasteiger partial charge in [0.25, 0.3) is 10.0 Å². The van der Waals surface area contributed by atoms with Gasteiger partial charge in [-0.2, -0.15) is 0 Å². The van der Waals surface area contributed by atoms with E-state index in [1.54, 1.807) is 24.3 Å². The fourth-order valence-electron chi connectivity index (χ4n) is 3.66. The number of halogens is 2. The lowest BCUT2D eigenvalue weighted by molar-refractivity contribution is 0.260. The largest absolute Gasteiger partial charge is 0.337 e. The quantitative estimate of drug-likeness (QED) is 0.762. The van der Waals surface area contributed by atoms with E-state index in [2.05, 4.69) is 0 Å². The first-order valence-corrected chi connectivity index (χ1v) is 10.1. The minimum atomic E-state index is -3.66. The third kappa shape index (κ3) is 4.63. The second-order valence-electron chi connectivity index (χ2n) is 6.57. The average molecular weight is 423 g/mol. The zero-order valence-electron chi connectivity index (χ0n) is 14.8. The topological polar surface area (TPSA) is 90.5 Å². The maximum Gasteiger partial charge on any atom is 0.266 e. The molecule has 3 N–H and O–H groups in total. The molecule has 6 nitrogen and oxygen atoms in total. The zero-order valence-corrected chi connectivity index (χ0v) is 17.2. The van der Waals surface area contributed by atoms with Crippen molar-refractivity contribution in [2.45, 2.75) is 49.5 Å². The van der Waals surface area contributed by atoms with Crippen molar-refractivity contribution in [3.63, 3.8) is 0 Å². The molecule has 9 heteroatoms. The van der Waals surface area contributed by atoms with Crippen LogP contribution in [-0.4, -0.2) is 49.3 Å². The molecule has 0 amide bonds. The third-order valence-corrected chi connectivity index (χ3v) is 6.82. The highest BCUT2D eigenvalue weighted by molar-refractivity contribution is 7.89. The van der Waals surface area contributed by atoms with Crippen molar-refractivity contribution < 1.29 is 8.42 Å². The van der Waals surface area contributed by atoms with Crippen LogP contribution in [0.1, 0.15) is 37.7 Å². The van der Waals surface area contributed by atoms with Crippen molar-refractivity contribution in [3.05, 3.63) is 29.8 Å². The smallest absolute Gasteiger partial charge is 0.266 e. The lowest BCUT2D eigenvalue weighted by atomic mass is 9.94. The van der Waals surface area contributed by atoms with Crippen LogP contribution < -0.4 is 5.73 Å². The van der Waals surface area contributed by atoms with Gasteiger partial charge >= 0.3 is 0 Å². The molecule has 2 aliphatic rings. The fraction of sp³-hybridized carbons (Fsp3) is 0.588. The minimum absolute atomic E-state index is 0. The Hall–Kier alpha value is -1.02. The maximum atomic E-state index is 12.9. The predicted molar refractivity (Wildman–Crippen MR) is 109 cm³/mol. The van der Waals surface area contributed by atoms with Crippen LogP contribution in [0.3, 0.4) is 0 Å². The van der Waals surface area contributed by atoms with E-state index in [1.807, 2.05) is 4.90 Å². The zero-order chi connectivity index (χ0) is 17.2. The van der Waals surface area contributed by atoms with Crippen molar-refractivity contribution in [3.8, 4) is 0 Å². The molecule has 26 heavy (non-hydrogen) atoms. The van der Waals surface area contributed by atoms with E-state index in [0.29, 0.717) is 25.7 Å². The Morgan fingerprint density at radius 2 is 1.65 bits per heavy atom. The monoisotopic (exact) mass is 422 g/mol. The summed E-state index contributed by atoms with van der Waals surface area (Å²) in [6, 6.07) is 7.17. The van der Waals surface area contributed by atoms with Gasteiger partial charge in [0.05, 0.1) is 11.4 Å².